The topological polar surface area (TPSA) is 73.6 Å². The molecule has 33 heavy (non-hydrogen) atoms. The molecule has 1 heterocycles. The Morgan fingerprint density at radius 3 is 2.52 bits per heavy atom. The number of carbonyl (C=O) groups excluding carboxylic acids is 1. The van der Waals surface area contributed by atoms with Crippen LogP contribution < -0.4 is 14.8 Å². The number of aromatic nitrogens is 1. The summed E-state index contributed by atoms with van der Waals surface area (Å²) in [6.45, 7) is 0. The van der Waals surface area contributed by atoms with E-state index in [0.717, 1.165) is 26.6 Å². The largest absolute Gasteiger partial charge is 0.497 e. The summed E-state index contributed by atoms with van der Waals surface area (Å²) in [5.41, 5.74) is 3.15. The summed E-state index contributed by atoms with van der Waals surface area (Å²) in [5, 5.41) is 4.85. The first-order valence-electron chi connectivity index (χ1n) is 10.2. The lowest BCUT2D eigenvalue weighted by molar-refractivity contribution is 0.102. The van der Waals surface area contributed by atoms with Crippen molar-refractivity contribution in [3.8, 4) is 23.0 Å². The van der Waals surface area contributed by atoms with Gasteiger partial charge in [-0.2, -0.15) is 0 Å². The molecule has 1 amide bonds. The minimum atomic E-state index is -0.281. The number of hydrogen-bond donors (Lipinski definition) is 1. The van der Waals surface area contributed by atoms with E-state index in [2.05, 4.69) is 26.2 Å². The van der Waals surface area contributed by atoms with Crippen molar-refractivity contribution in [3.05, 3.63) is 82.8 Å². The Labute approximate surface area is 198 Å². The number of oxazole rings is 1. The number of nitrogens with one attached hydrogen (secondary N) is 1. The molecule has 0 unspecified atom stereocenters. The van der Waals surface area contributed by atoms with Gasteiger partial charge in [0.1, 0.15) is 17.0 Å². The zero-order valence-electron chi connectivity index (χ0n) is 17.9. The summed E-state index contributed by atoms with van der Waals surface area (Å²) >= 11 is 3.58. The van der Waals surface area contributed by atoms with E-state index in [1.54, 1.807) is 32.4 Å². The van der Waals surface area contributed by atoms with Crippen molar-refractivity contribution in [1.82, 2.24) is 4.98 Å². The van der Waals surface area contributed by atoms with Crippen molar-refractivity contribution in [2.75, 3.05) is 19.5 Å². The maximum atomic E-state index is 13.1. The van der Waals surface area contributed by atoms with Gasteiger partial charge in [0.25, 0.3) is 5.91 Å². The molecule has 0 spiro atoms. The van der Waals surface area contributed by atoms with E-state index in [1.165, 1.54) is 0 Å². The van der Waals surface area contributed by atoms with Crippen LogP contribution in [0.2, 0.25) is 0 Å². The molecule has 0 fully saturated rings. The maximum absolute atomic E-state index is 13.1. The Balaban J connectivity index is 1.46. The van der Waals surface area contributed by atoms with Crippen LogP contribution in [0.3, 0.4) is 0 Å². The first-order valence-corrected chi connectivity index (χ1v) is 11.0. The third kappa shape index (κ3) is 3.91. The van der Waals surface area contributed by atoms with Crippen molar-refractivity contribution < 1.29 is 18.7 Å². The lowest BCUT2D eigenvalue weighted by Crippen LogP contribution is -2.13. The summed E-state index contributed by atoms with van der Waals surface area (Å²) in [6.07, 6.45) is 0. The molecular formula is C26H19BrN2O4. The highest BCUT2D eigenvalue weighted by Gasteiger charge is 2.19. The summed E-state index contributed by atoms with van der Waals surface area (Å²) in [4.78, 5) is 17.7. The van der Waals surface area contributed by atoms with Gasteiger partial charge in [-0.1, -0.05) is 24.3 Å². The predicted octanol–water partition coefficient (Wildman–Crippen LogP) is 6.68. The van der Waals surface area contributed by atoms with Crippen molar-refractivity contribution in [1.29, 1.82) is 0 Å². The van der Waals surface area contributed by atoms with Crippen LogP contribution in [0.15, 0.2) is 81.7 Å². The van der Waals surface area contributed by atoms with Gasteiger partial charge in [-0.3, -0.25) is 4.79 Å². The summed E-state index contributed by atoms with van der Waals surface area (Å²) in [7, 11) is 3.17. The van der Waals surface area contributed by atoms with Gasteiger partial charge in [0.15, 0.2) is 5.58 Å². The van der Waals surface area contributed by atoms with E-state index in [1.807, 2.05) is 54.6 Å². The number of nitrogens with zero attached hydrogens (tertiary/aromatic N) is 1. The molecule has 4 aromatic carbocycles. The zero-order chi connectivity index (χ0) is 22.9. The van der Waals surface area contributed by atoms with Gasteiger partial charge in [-0.15, -0.1) is 0 Å². The molecular weight excluding hydrogens is 484 g/mol. The maximum Gasteiger partial charge on any atom is 0.259 e. The highest BCUT2D eigenvalue weighted by Crippen LogP contribution is 2.37. The van der Waals surface area contributed by atoms with Gasteiger partial charge in [0, 0.05) is 11.3 Å². The van der Waals surface area contributed by atoms with Crippen molar-refractivity contribution in [2.24, 2.45) is 0 Å². The highest BCUT2D eigenvalue weighted by atomic mass is 79.9. The standard InChI is InChI=1S/C26H19BrN2O4/c1-31-18-10-7-15(8-11-18)26-29-21-14-17(9-12-22(21)33-26)28-25(30)20-13-16-5-3-4-6-19(16)23(27)24(20)32-2/h3-14H,1-2H3,(H,28,30). The molecule has 0 radical (unpaired) electrons. The Morgan fingerprint density at radius 2 is 1.76 bits per heavy atom. The van der Waals surface area contributed by atoms with E-state index in [4.69, 9.17) is 13.9 Å². The van der Waals surface area contributed by atoms with Gasteiger partial charge >= 0.3 is 0 Å². The lowest BCUT2D eigenvalue weighted by Gasteiger charge is -2.13. The average molecular weight is 503 g/mol. The number of methoxy groups -OCH3 is 2. The molecule has 5 aromatic rings. The van der Waals surface area contributed by atoms with E-state index in [0.29, 0.717) is 34.0 Å². The van der Waals surface area contributed by atoms with E-state index < -0.39 is 0 Å². The average Bonchev–Trinajstić information content (AvgIpc) is 3.27. The molecule has 0 aliphatic rings. The van der Waals surface area contributed by atoms with Crippen molar-refractivity contribution in [2.45, 2.75) is 0 Å². The molecule has 1 aromatic heterocycles. The lowest BCUT2D eigenvalue weighted by atomic mass is 10.1. The fourth-order valence-corrected chi connectivity index (χ4v) is 4.45. The molecule has 0 aliphatic carbocycles. The first-order chi connectivity index (χ1) is 16.1. The number of halogens is 1. The molecule has 0 saturated carbocycles. The smallest absolute Gasteiger partial charge is 0.259 e. The first kappa shape index (κ1) is 21.0. The van der Waals surface area contributed by atoms with Crippen molar-refractivity contribution in [3.63, 3.8) is 0 Å². The van der Waals surface area contributed by atoms with Crippen LogP contribution in [0.25, 0.3) is 33.3 Å². The van der Waals surface area contributed by atoms with Crippen LogP contribution in [0.4, 0.5) is 5.69 Å². The molecule has 1 N–H and O–H groups in total. The number of amides is 1. The molecule has 0 saturated heterocycles. The highest BCUT2D eigenvalue weighted by molar-refractivity contribution is 9.10. The van der Waals surface area contributed by atoms with Crippen molar-refractivity contribution >= 4 is 49.4 Å². The van der Waals surface area contributed by atoms with Crippen LogP contribution in [0.1, 0.15) is 10.4 Å². The summed E-state index contributed by atoms with van der Waals surface area (Å²) in [5.74, 6) is 1.46. The van der Waals surface area contributed by atoms with Crippen LogP contribution in [-0.2, 0) is 0 Å². The molecule has 7 heteroatoms. The van der Waals surface area contributed by atoms with Crippen LogP contribution in [0, 0.1) is 0 Å². The van der Waals surface area contributed by atoms with Gasteiger partial charge < -0.3 is 19.2 Å². The third-order valence-electron chi connectivity index (χ3n) is 5.37. The number of anilines is 1. The van der Waals surface area contributed by atoms with E-state index in [-0.39, 0.29) is 5.91 Å². The normalized spacial score (nSPS) is 11.0. The van der Waals surface area contributed by atoms with Gasteiger partial charge in [-0.05, 0) is 75.2 Å². The summed E-state index contributed by atoms with van der Waals surface area (Å²) in [6, 6.07) is 22.5. The molecule has 5 rings (SSSR count). The SMILES string of the molecule is COc1ccc(-c2nc3cc(NC(=O)c4cc5ccccc5c(Br)c4OC)ccc3o2)cc1. The zero-order valence-corrected chi connectivity index (χ0v) is 19.5. The Bertz CT molecular complexity index is 1490. The second-order valence-electron chi connectivity index (χ2n) is 7.38. The molecule has 0 aliphatic heterocycles. The molecule has 0 atom stereocenters. The second kappa shape index (κ2) is 8.60. The fraction of sp³-hybridized carbons (Fsp3) is 0.0769. The number of rotatable bonds is 5. The quantitative estimate of drug-likeness (QED) is 0.290. The van der Waals surface area contributed by atoms with E-state index in [9.17, 15) is 4.79 Å². The van der Waals surface area contributed by atoms with Crippen LogP contribution >= 0.6 is 15.9 Å². The number of carbonyl (C=O) groups is 1. The van der Waals surface area contributed by atoms with Gasteiger partial charge in [0.05, 0.1) is 24.3 Å². The fourth-order valence-electron chi connectivity index (χ4n) is 3.71. The predicted molar refractivity (Wildman–Crippen MR) is 132 cm³/mol. The number of fused-ring (bicyclic) bond motifs is 2. The Hall–Kier alpha value is -3.84. The number of hydrogen-bond acceptors (Lipinski definition) is 5. The monoisotopic (exact) mass is 502 g/mol. The number of benzene rings is 4. The Kier molecular flexibility index (Phi) is 5.48. The van der Waals surface area contributed by atoms with Gasteiger partial charge in [0.2, 0.25) is 5.89 Å². The van der Waals surface area contributed by atoms with E-state index >= 15 is 0 Å². The van der Waals surface area contributed by atoms with Gasteiger partial charge in [-0.25, -0.2) is 4.98 Å². The summed E-state index contributed by atoms with van der Waals surface area (Å²) < 4.78 is 17.4. The Morgan fingerprint density at radius 1 is 0.970 bits per heavy atom. The third-order valence-corrected chi connectivity index (χ3v) is 6.16. The molecule has 6 nitrogen and oxygen atoms in total. The minimum Gasteiger partial charge on any atom is -0.497 e. The van der Waals surface area contributed by atoms with Crippen LogP contribution in [0.5, 0.6) is 11.5 Å². The second-order valence-corrected chi connectivity index (χ2v) is 8.17. The molecule has 164 valence electrons. The number of ether oxygens (including phenoxy) is 2. The van der Waals surface area contributed by atoms with Crippen LogP contribution in [-0.4, -0.2) is 25.1 Å². The minimum absolute atomic E-state index is 0.281. The molecule has 0 bridgehead atoms.